The average Bonchev–Trinajstić information content (AvgIpc) is 2.42. The van der Waals surface area contributed by atoms with E-state index in [4.69, 9.17) is 9.84 Å². The molecule has 1 fully saturated rings. The molecular weight excluding hydrogens is 328 g/mol. The molecule has 1 aliphatic rings. The molecule has 1 aliphatic heterocycles. The monoisotopic (exact) mass is 342 g/mol. The molecule has 0 saturated carbocycles. The van der Waals surface area contributed by atoms with Crippen molar-refractivity contribution in [2.75, 3.05) is 25.1 Å². The third-order valence-electron chi connectivity index (χ3n) is 3.04. The van der Waals surface area contributed by atoms with Crippen molar-refractivity contribution in [2.24, 2.45) is 0 Å². The normalized spacial score (nSPS) is 18.7. The molecule has 2 N–H and O–H groups in total. The van der Waals surface area contributed by atoms with E-state index >= 15 is 0 Å². The van der Waals surface area contributed by atoms with Crippen LogP contribution in [0.1, 0.15) is 5.56 Å². The van der Waals surface area contributed by atoms with Gasteiger partial charge in [0.05, 0.1) is 18.9 Å². The third-order valence-corrected chi connectivity index (χ3v) is 3.73. The molecule has 0 aliphatic carbocycles. The van der Waals surface area contributed by atoms with Crippen molar-refractivity contribution in [2.45, 2.75) is 13.0 Å². The Bertz CT molecular complexity index is 535. The molecule has 1 aromatic rings. The van der Waals surface area contributed by atoms with Crippen molar-refractivity contribution in [3.8, 4) is 0 Å². The number of urea groups is 1. The Morgan fingerprint density at radius 3 is 2.95 bits per heavy atom. The Morgan fingerprint density at radius 1 is 1.50 bits per heavy atom. The number of carboxylic acid groups (broad SMARTS) is 1. The molecule has 2 amide bonds. The van der Waals surface area contributed by atoms with E-state index in [0.717, 1.165) is 10.0 Å². The molecule has 20 heavy (non-hydrogen) atoms. The van der Waals surface area contributed by atoms with E-state index < -0.39 is 18.0 Å². The summed E-state index contributed by atoms with van der Waals surface area (Å²) < 4.78 is 5.85. The fourth-order valence-electron chi connectivity index (χ4n) is 1.97. The smallest absolute Gasteiger partial charge is 0.328 e. The van der Waals surface area contributed by atoms with E-state index in [1.807, 2.05) is 25.1 Å². The van der Waals surface area contributed by atoms with Gasteiger partial charge in [-0.05, 0) is 40.5 Å². The van der Waals surface area contributed by atoms with Crippen molar-refractivity contribution in [3.05, 3.63) is 28.2 Å². The second-order valence-electron chi connectivity index (χ2n) is 4.54. The Morgan fingerprint density at radius 2 is 2.25 bits per heavy atom. The van der Waals surface area contributed by atoms with E-state index in [9.17, 15) is 9.59 Å². The summed E-state index contributed by atoms with van der Waals surface area (Å²) in [5.41, 5.74) is 1.62. The van der Waals surface area contributed by atoms with Gasteiger partial charge in [-0.1, -0.05) is 6.07 Å². The molecule has 1 heterocycles. The molecular formula is C13H15BrN2O4. The Balaban J connectivity index is 2.14. The van der Waals surface area contributed by atoms with Crippen LogP contribution in [-0.2, 0) is 9.53 Å². The lowest BCUT2D eigenvalue weighted by atomic mass is 10.2. The van der Waals surface area contributed by atoms with Gasteiger partial charge in [0.2, 0.25) is 0 Å². The predicted molar refractivity (Wildman–Crippen MR) is 76.8 cm³/mol. The highest BCUT2D eigenvalue weighted by Gasteiger charge is 2.32. The molecule has 108 valence electrons. The van der Waals surface area contributed by atoms with Crippen molar-refractivity contribution in [1.82, 2.24) is 4.90 Å². The molecule has 6 nitrogen and oxygen atoms in total. The van der Waals surface area contributed by atoms with E-state index in [2.05, 4.69) is 21.2 Å². The van der Waals surface area contributed by atoms with E-state index in [-0.39, 0.29) is 13.2 Å². The van der Waals surface area contributed by atoms with Crippen LogP contribution in [0.5, 0.6) is 0 Å². The van der Waals surface area contributed by atoms with Gasteiger partial charge in [0, 0.05) is 11.0 Å². The molecule has 0 radical (unpaired) electrons. The van der Waals surface area contributed by atoms with Gasteiger partial charge in [-0.3, -0.25) is 0 Å². The number of carbonyl (C=O) groups is 2. The minimum Gasteiger partial charge on any atom is -0.480 e. The van der Waals surface area contributed by atoms with Gasteiger partial charge >= 0.3 is 12.0 Å². The first-order chi connectivity index (χ1) is 9.49. The Labute approximate surface area is 124 Å². The fourth-order valence-corrected chi connectivity index (χ4v) is 2.32. The van der Waals surface area contributed by atoms with Crippen LogP contribution in [0, 0.1) is 6.92 Å². The zero-order chi connectivity index (χ0) is 14.7. The standard InChI is InChI=1S/C13H15BrN2O4/c1-8-2-3-9(14)10(6-8)15-13(19)16-4-5-20-7-11(16)12(17)18/h2-3,6,11H,4-5,7H2,1H3,(H,15,19)(H,17,18). The number of hydrogen-bond donors (Lipinski definition) is 2. The second kappa shape index (κ2) is 6.23. The first-order valence-corrected chi connectivity index (χ1v) is 6.92. The Kier molecular flexibility index (Phi) is 4.61. The Hall–Kier alpha value is -1.60. The summed E-state index contributed by atoms with van der Waals surface area (Å²) in [4.78, 5) is 24.6. The maximum Gasteiger partial charge on any atom is 0.328 e. The van der Waals surface area contributed by atoms with Crippen LogP contribution in [0.25, 0.3) is 0 Å². The summed E-state index contributed by atoms with van der Waals surface area (Å²) in [6, 6.07) is 4.17. The summed E-state index contributed by atoms with van der Waals surface area (Å²) >= 11 is 3.35. The topological polar surface area (TPSA) is 78.9 Å². The van der Waals surface area contributed by atoms with E-state index in [0.29, 0.717) is 12.3 Å². The van der Waals surface area contributed by atoms with Gasteiger partial charge in [-0.2, -0.15) is 0 Å². The highest BCUT2D eigenvalue weighted by atomic mass is 79.9. The van der Waals surface area contributed by atoms with Gasteiger partial charge in [0.25, 0.3) is 0 Å². The fraction of sp³-hybridized carbons (Fsp3) is 0.385. The summed E-state index contributed by atoms with van der Waals surface area (Å²) in [6.45, 7) is 2.52. The minimum absolute atomic E-state index is 0.0116. The lowest BCUT2D eigenvalue weighted by Crippen LogP contribution is -2.53. The van der Waals surface area contributed by atoms with Crippen molar-refractivity contribution in [3.63, 3.8) is 0 Å². The highest BCUT2D eigenvalue weighted by molar-refractivity contribution is 9.10. The quantitative estimate of drug-likeness (QED) is 0.862. The number of aryl methyl sites for hydroxylation is 1. The molecule has 0 aromatic heterocycles. The number of carbonyl (C=O) groups excluding carboxylic acids is 1. The zero-order valence-corrected chi connectivity index (χ0v) is 12.5. The van der Waals surface area contributed by atoms with Crippen LogP contribution in [0.3, 0.4) is 0 Å². The number of rotatable bonds is 2. The average molecular weight is 343 g/mol. The van der Waals surface area contributed by atoms with Crippen LogP contribution in [-0.4, -0.2) is 47.8 Å². The number of benzene rings is 1. The number of hydrogen-bond acceptors (Lipinski definition) is 3. The van der Waals surface area contributed by atoms with E-state index in [1.54, 1.807) is 0 Å². The SMILES string of the molecule is Cc1ccc(Br)c(NC(=O)N2CCOCC2C(=O)O)c1. The molecule has 1 unspecified atom stereocenters. The number of ether oxygens (including phenoxy) is 1. The zero-order valence-electron chi connectivity index (χ0n) is 10.9. The summed E-state index contributed by atoms with van der Waals surface area (Å²) in [6.07, 6.45) is 0. The first kappa shape index (κ1) is 14.8. The van der Waals surface area contributed by atoms with E-state index in [1.165, 1.54) is 4.90 Å². The maximum absolute atomic E-state index is 12.2. The first-order valence-electron chi connectivity index (χ1n) is 6.13. The number of halogens is 1. The molecule has 2 rings (SSSR count). The number of aliphatic carboxylic acids is 1. The lowest BCUT2D eigenvalue weighted by molar-refractivity contribution is -0.147. The molecule has 7 heteroatoms. The number of nitrogens with zero attached hydrogens (tertiary/aromatic N) is 1. The van der Waals surface area contributed by atoms with Crippen LogP contribution in [0.15, 0.2) is 22.7 Å². The lowest BCUT2D eigenvalue weighted by Gasteiger charge is -2.32. The van der Waals surface area contributed by atoms with Crippen LogP contribution < -0.4 is 5.32 Å². The highest BCUT2D eigenvalue weighted by Crippen LogP contribution is 2.24. The van der Waals surface area contributed by atoms with Gasteiger partial charge < -0.3 is 20.1 Å². The molecule has 1 saturated heterocycles. The van der Waals surface area contributed by atoms with Crippen LogP contribution >= 0.6 is 15.9 Å². The second-order valence-corrected chi connectivity index (χ2v) is 5.39. The largest absolute Gasteiger partial charge is 0.480 e. The van der Waals surface area contributed by atoms with Crippen molar-refractivity contribution >= 4 is 33.6 Å². The number of amides is 2. The van der Waals surface area contributed by atoms with Crippen LogP contribution in [0.2, 0.25) is 0 Å². The molecule has 1 aromatic carbocycles. The van der Waals surface area contributed by atoms with Gasteiger partial charge in [0.15, 0.2) is 6.04 Å². The number of morpholine rings is 1. The summed E-state index contributed by atoms with van der Waals surface area (Å²) in [5.74, 6) is -1.07. The minimum atomic E-state index is -1.07. The number of carboxylic acids is 1. The molecule has 1 atom stereocenters. The number of nitrogens with one attached hydrogen (secondary N) is 1. The summed E-state index contributed by atoms with van der Waals surface area (Å²) in [5, 5.41) is 11.8. The van der Waals surface area contributed by atoms with Crippen molar-refractivity contribution in [1.29, 1.82) is 0 Å². The number of anilines is 1. The summed E-state index contributed by atoms with van der Waals surface area (Å²) in [7, 11) is 0. The van der Waals surface area contributed by atoms with Crippen molar-refractivity contribution < 1.29 is 19.4 Å². The van der Waals surface area contributed by atoms with Crippen LogP contribution in [0.4, 0.5) is 10.5 Å². The van der Waals surface area contributed by atoms with Gasteiger partial charge in [0.1, 0.15) is 0 Å². The van der Waals surface area contributed by atoms with Gasteiger partial charge in [-0.15, -0.1) is 0 Å². The molecule has 0 bridgehead atoms. The maximum atomic E-state index is 12.2. The third kappa shape index (κ3) is 3.29. The molecule has 0 spiro atoms. The predicted octanol–water partition coefficient (Wildman–Crippen LogP) is 2.07. The van der Waals surface area contributed by atoms with Gasteiger partial charge in [-0.25, -0.2) is 9.59 Å².